The molecule has 1 saturated heterocycles. The van der Waals surface area contributed by atoms with Gasteiger partial charge in [-0.3, -0.25) is 9.59 Å². The van der Waals surface area contributed by atoms with Gasteiger partial charge in [-0.05, 0) is 66.9 Å². The van der Waals surface area contributed by atoms with Crippen LogP contribution < -0.4 is 10.6 Å². The number of rotatable bonds is 5. The van der Waals surface area contributed by atoms with Crippen LogP contribution in [0.15, 0.2) is 82.1 Å². The maximum absolute atomic E-state index is 12.6. The predicted octanol–water partition coefficient (Wildman–Crippen LogP) is 3.41. The van der Waals surface area contributed by atoms with Crippen molar-refractivity contribution in [2.45, 2.75) is 24.3 Å². The van der Waals surface area contributed by atoms with Crippen molar-refractivity contribution in [3.63, 3.8) is 0 Å². The minimum atomic E-state index is -3.71. The molecular weight excluding hydrogens is 464 g/mol. The topological polar surface area (TPSA) is 108 Å². The van der Waals surface area contributed by atoms with Crippen LogP contribution in [0.25, 0.3) is 0 Å². The highest BCUT2D eigenvalue weighted by atomic mass is 32.2. The molecule has 0 aromatic heterocycles. The van der Waals surface area contributed by atoms with Crippen LogP contribution in [0.5, 0.6) is 0 Å². The third kappa shape index (κ3) is 4.81. The van der Waals surface area contributed by atoms with E-state index in [1.165, 1.54) is 6.07 Å². The molecule has 5 rings (SSSR count). The van der Waals surface area contributed by atoms with Crippen molar-refractivity contribution >= 4 is 33.4 Å². The zero-order chi connectivity index (χ0) is 24.4. The van der Waals surface area contributed by atoms with Gasteiger partial charge in [-0.25, -0.2) is 0 Å². The van der Waals surface area contributed by atoms with Gasteiger partial charge in [0, 0.05) is 42.0 Å². The molecule has 0 aliphatic carbocycles. The first-order valence-electron chi connectivity index (χ1n) is 11.4. The van der Waals surface area contributed by atoms with Crippen LogP contribution in [-0.4, -0.2) is 44.1 Å². The number of amidine groups is 1. The Hall–Kier alpha value is -3.98. The van der Waals surface area contributed by atoms with E-state index in [1.807, 2.05) is 23.1 Å². The van der Waals surface area contributed by atoms with Crippen LogP contribution >= 0.6 is 0 Å². The SMILES string of the molecule is O=C(NCc1cccc(C(=O)N2CCCC2)c1)c1ccc(NC2=NS(=O)(=O)c3ccccc32)cc1. The number of fused-ring (bicyclic) bond motifs is 1. The lowest BCUT2D eigenvalue weighted by Crippen LogP contribution is -2.28. The molecule has 0 radical (unpaired) electrons. The van der Waals surface area contributed by atoms with E-state index in [2.05, 4.69) is 15.0 Å². The van der Waals surface area contributed by atoms with Gasteiger partial charge in [-0.1, -0.05) is 24.3 Å². The van der Waals surface area contributed by atoms with E-state index in [-0.39, 0.29) is 22.5 Å². The Balaban J connectivity index is 1.21. The summed E-state index contributed by atoms with van der Waals surface area (Å²) in [4.78, 5) is 27.3. The zero-order valence-electron chi connectivity index (χ0n) is 18.9. The summed E-state index contributed by atoms with van der Waals surface area (Å²) in [5, 5.41) is 5.90. The first-order valence-corrected chi connectivity index (χ1v) is 12.8. The molecule has 1 fully saturated rings. The van der Waals surface area contributed by atoms with Gasteiger partial charge in [0.25, 0.3) is 21.8 Å². The van der Waals surface area contributed by atoms with Gasteiger partial charge in [0.05, 0.1) is 0 Å². The van der Waals surface area contributed by atoms with Crippen molar-refractivity contribution < 1.29 is 18.0 Å². The number of nitrogens with one attached hydrogen (secondary N) is 2. The number of anilines is 1. The Morgan fingerprint density at radius 1 is 0.886 bits per heavy atom. The first kappa shape index (κ1) is 22.8. The lowest BCUT2D eigenvalue weighted by Gasteiger charge is -2.15. The molecule has 0 spiro atoms. The first-order chi connectivity index (χ1) is 16.9. The Labute approximate surface area is 203 Å². The van der Waals surface area contributed by atoms with Crippen LogP contribution in [0.2, 0.25) is 0 Å². The normalized spacial score (nSPS) is 15.9. The van der Waals surface area contributed by atoms with Gasteiger partial charge in [-0.2, -0.15) is 8.42 Å². The van der Waals surface area contributed by atoms with Crippen molar-refractivity contribution in [2.24, 2.45) is 4.40 Å². The smallest absolute Gasteiger partial charge is 0.285 e. The van der Waals surface area contributed by atoms with Crippen molar-refractivity contribution in [1.82, 2.24) is 10.2 Å². The number of carbonyl (C=O) groups excluding carboxylic acids is 2. The highest BCUT2D eigenvalue weighted by molar-refractivity contribution is 7.90. The third-order valence-corrected chi connectivity index (χ3v) is 7.40. The number of amides is 2. The molecule has 2 N–H and O–H groups in total. The lowest BCUT2D eigenvalue weighted by molar-refractivity contribution is 0.0792. The molecule has 3 aromatic rings. The van der Waals surface area contributed by atoms with Crippen LogP contribution in [0.4, 0.5) is 5.69 Å². The number of nitrogens with zero attached hydrogens (tertiary/aromatic N) is 2. The second-order valence-corrected chi connectivity index (χ2v) is 10.1. The molecule has 3 aromatic carbocycles. The molecule has 0 unspecified atom stereocenters. The van der Waals surface area contributed by atoms with Crippen molar-refractivity contribution in [3.8, 4) is 0 Å². The summed E-state index contributed by atoms with van der Waals surface area (Å²) < 4.78 is 28.2. The van der Waals surface area contributed by atoms with Gasteiger partial charge < -0.3 is 15.5 Å². The summed E-state index contributed by atoms with van der Waals surface area (Å²) in [6, 6.07) is 20.7. The Morgan fingerprint density at radius 2 is 1.63 bits per heavy atom. The molecule has 35 heavy (non-hydrogen) atoms. The summed E-state index contributed by atoms with van der Waals surface area (Å²) in [6.07, 6.45) is 2.08. The molecule has 0 saturated carbocycles. The molecule has 9 heteroatoms. The highest BCUT2D eigenvalue weighted by Gasteiger charge is 2.28. The van der Waals surface area contributed by atoms with E-state index < -0.39 is 10.0 Å². The van der Waals surface area contributed by atoms with Crippen LogP contribution in [-0.2, 0) is 16.6 Å². The third-order valence-electron chi connectivity index (χ3n) is 6.06. The number of hydrogen-bond donors (Lipinski definition) is 2. The molecule has 2 aliphatic rings. The minimum Gasteiger partial charge on any atom is -0.348 e. The zero-order valence-corrected chi connectivity index (χ0v) is 19.7. The number of sulfonamides is 1. The molecule has 0 bridgehead atoms. The maximum atomic E-state index is 12.6. The average Bonchev–Trinajstić information content (AvgIpc) is 3.50. The van der Waals surface area contributed by atoms with Gasteiger partial charge in [-0.15, -0.1) is 4.40 Å². The maximum Gasteiger partial charge on any atom is 0.285 e. The second-order valence-electron chi connectivity index (χ2n) is 8.50. The Kier molecular flexibility index (Phi) is 6.08. The van der Waals surface area contributed by atoms with Crippen LogP contribution in [0, 0.1) is 0 Å². The molecule has 0 atom stereocenters. The molecular formula is C26H24N4O4S. The van der Waals surface area contributed by atoms with E-state index >= 15 is 0 Å². The molecule has 2 aliphatic heterocycles. The highest BCUT2D eigenvalue weighted by Crippen LogP contribution is 2.26. The fraction of sp³-hybridized carbons (Fsp3) is 0.192. The number of benzene rings is 3. The van der Waals surface area contributed by atoms with Gasteiger partial charge in [0.1, 0.15) is 4.90 Å². The van der Waals surface area contributed by atoms with Gasteiger partial charge in [0.2, 0.25) is 0 Å². The Bertz CT molecular complexity index is 1430. The molecule has 178 valence electrons. The summed E-state index contributed by atoms with van der Waals surface area (Å²) >= 11 is 0. The van der Waals surface area contributed by atoms with Gasteiger partial charge in [0.15, 0.2) is 5.84 Å². The Morgan fingerprint density at radius 3 is 2.40 bits per heavy atom. The van der Waals surface area contributed by atoms with Crippen molar-refractivity contribution in [3.05, 3.63) is 95.1 Å². The summed E-state index contributed by atoms with van der Waals surface area (Å²) in [5.74, 6) is 0.0289. The fourth-order valence-corrected chi connectivity index (χ4v) is 5.41. The number of carbonyl (C=O) groups is 2. The number of hydrogen-bond acceptors (Lipinski definition) is 5. The van der Waals surface area contributed by atoms with Crippen LogP contribution in [0.3, 0.4) is 0 Å². The predicted molar refractivity (Wildman–Crippen MR) is 133 cm³/mol. The van der Waals surface area contributed by atoms with E-state index in [0.717, 1.165) is 31.5 Å². The van der Waals surface area contributed by atoms with Crippen molar-refractivity contribution in [2.75, 3.05) is 18.4 Å². The summed E-state index contributed by atoms with van der Waals surface area (Å²) in [5.41, 5.74) is 3.06. The quantitative estimate of drug-likeness (QED) is 0.572. The average molecular weight is 489 g/mol. The lowest BCUT2D eigenvalue weighted by atomic mass is 10.1. The molecule has 2 heterocycles. The van der Waals surface area contributed by atoms with E-state index in [1.54, 1.807) is 48.5 Å². The van der Waals surface area contributed by atoms with Gasteiger partial charge >= 0.3 is 0 Å². The largest absolute Gasteiger partial charge is 0.348 e. The summed E-state index contributed by atoms with van der Waals surface area (Å²) in [7, 11) is -3.71. The standard InChI is InChI=1S/C26H24N4O4S/c31-25(27-17-18-6-5-7-20(16-18)26(32)30-14-3-4-15-30)19-10-12-21(13-11-19)28-24-22-8-1-2-9-23(22)35(33,34)29-24/h1-2,5-13,16H,3-4,14-15,17H2,(H,27,31)(H,28,29). The van der Waals surface area contributed by atoms with E-state index in [0.29, 0.717) is 28.9 Å². The number of likely N-dealkylation sites (tertiary alicyclic amines) is 1. The van der Waals surface area contributed by atoms with Crippen molar-refractivity contribution in [1.29, 1.82) is 0 Å². The molecule has 2 amide bonds. The second kappa shape index (κ2) is 9.34. The summed E-state index contributed by atoms with van der Waals surface area (Å²) in [6.45, 7) is 1.88. The van der Waals surface area contributed by atoms with E-state index in [9.17, 15) is 18.0 Å². The monoisotopic (exact) mass is 488 g/mol. The molecule has 8 nitrogen and oxygen atoms in total. The van der Waals surface area contributed by atoms with E-state index in [4.69, 9.17) is 0 Å². The van der Waals surface area contributed by atoms with Crippen LogP contribution in [0.1, 0.15) is 44.7 Å². The minimum absolute atomic E-state index is 0.0288. The fourth-order valence-electron chi connectivity index (χ4n) is 4.24.